The number of nitrogens with zero attached hydrogens (tertiary/aromatic N) is 3. The number of rotatable bonds is 7. The van der Waals surface area contributed by atoms with Gasteiger partial charge in [0.25, 0.3) is 5.91 Å². The molecule has 0 aliphatic rings. The van der Waals surface area contributed by atoms with Gasteiger partial charge >= 0.3 is 0 Å². The molecule has 0 atom stereocenters. The molecule has 0 aliphatic heterocycles. The number of carbonyl (C=O) groups excluding carboxylic acids is 1. The molecular formula is C19H23N5O. The van der Waals surface area contributed by atoms with Crippen molar-refractivity contribution >= 4 is 16.9 Å². The van der Waals surface area contributed by atoms with Gasteiger partial charge in [-0.2, -0.15) is 5.10 Å². The lowest BCUT2D eigenvalue weighted by Gasteiger charge is -2.09. The highest BCUT2D eigenvalue weighted by Crippen LogP contribution is 2.24. The van der Waals surface area contributed by atoms with E-state index in [0.29, 0.717) is 18.7 Å². The third-order valence-corrected chi connectivity index (χ3v) is 4.06. The molecule has 130 valence electrons. The second-order valence-corrected chi connectivity index (χ2v) is 5.73. The smallest absolute Gasteiger partial charge is 0.252 e. The van der Waals surface area contributed by atoms with Crippen molar-refractivity contribution in [1.29, 1.82) is 0 Å². The number of likely N-dealkylation sites (N-methyl/N-ethyl adjacent to an activating group) is 1. The summed E-state index contributed by atoms with van der Waals surface area (Å²) >= 11 is 0. The maximum atomic E-state index is 12.7. The third kappa shape index (κ3) is 3.69. The summed E-state index contributed by atoms with van der Waals surface area (Å²) in [6.45, 7) is 6.97. The highest BCUT2D eigenvalue weighted by atomic mass is 16.1. The van der Waals surface area contributed by atoms with E-state index in [1.54, 1.807) is 6.20 Å². The molecule has 0 aliphatic carbocycles. The topological polar surface area (TPSA) is 71.8 Å². The molecule has 6 nitrogen and oxygen atoms in total. The normalized spacial score (nSPS) is 11.0. The van der Waals surface area contributed by atoms with Crippen LogP contribution < -0.4 is 10.6 Å². The van der Waals surface area contributed by atoms with E-state index in [1.807, 2.05) is 54.9 Å². The molecule has 0 saturated carbocycles. The summed E-state index contributed by atoms with van der Waals surface area (Å²) in [6.07, 6.45) is 1.72. The number of pyridine rings is 1. The summed E-state index contributed by atoms with van der Waals surface area (Å²) in [5.41, 5.74) is 3.11. The van der Waals surface area contributed by atoms with Crippen molar-refractivity contribution in [2.24, 2.45) is 0 Å². The first kappa shape index (κ1) is 17.1. The number of carbonyl (C=O) groups is 1. The Labute approximate surface area is 147 Å². The fourth-order valence-electron chi connectivity index (χ4n) is 2.76. The van der Waals surface area contributed by atoms with Crippen LogP contribution in [0.1, 0.15) is 24.2 Å². The largest absolute Gasteiger partial charge is 0.351 e. The van der Waals surface area contributed by atoms with Crippen LogP contribution in [0.5, 0.6) is 0 Å². The number of benzene rings is 1. The first-order valence-electron chi connectivity index (χ1n) is 8.65. The summed E-state index contributed by atoms with van der Waals surface area (Å²) in [7, 11) is 0. The fourth-order valence-corrected chi connectivity index (χ4v) is 2.76. The number of amides is 1. The Balaban J connectivity index is 2.01. The molecule has 1 amide bonds. The Kier molecular flexibility index (Phi) is 5.40. The van der Waals surface area contributed by atoms with Crippen molar-refractivity contribution in [2.75, 3.05) is 19.6 Å². The van der Waals surface area contributed by atoms with E-state index < -0.39 is 0 Å². The highest BCUT2D eigenvalue weighted by Gasteiger charge is 2.16. The van der Waals surface area contributed by atoms with Gasteiger partial charge < -0.3 is 10.6 Å². The van der Waals surface area contributed by atoms with Crippen molar-refractivity contribution in [3.8, 4) is 11.3 Å². The van der Waals surface area contributed by atoms with Gasteiger partial charge in [-0.3, -0.25) is 4.79 Å². The molecule has 0 fully saturated rings. The van der Waals surface area contributed by atoms with Gasteiger partial charge in [0.15, 0.2) is 5.65 Å². The minimum Gasteiger partial charge on any atom is -0.351 e. The quantitative estimate of drug-likeness (QED) is 0.650. The van der Waals surface area contributed by atoms with Crippen LogP contribution in [-0.4, -0.2) is 40.3 Å². The minimum absolute atomic E-state index is 0.0989. The molecule has 6 heteroatoms. The Morgan fingerprint density at radius 2 is 1.96 bits per heavy atom. The molecule has 2 heterocycles. The Morgan fingerprint density at radius 3 is 2.68 bits per heavy atom. The van der Waals surface area contributed by atoms with Crippen molar-refractivity contribution in [2.45, 2.75) is 20.4 Å². The SMILES string of the molecule is CCNCCNC(=O)c1cc(-c2ccccc2)nc2c1cnn2CC. The van der Waals surface area contributed by atoms with E-state index in [1.165, 1.54) is 0 Å². The number of hydrogen-bond acceptors (Lipinski definition) is 4. The lowest BCUT2D eigenvalue weighted by atomic mass is 10.1. The summed E-state index contributed by atoms with van der Waals surface area (Å²) < 4.78 is 1.82. The molecule has 0 radical (unpaired) electrons. The lowest BCUT2D eigenvalue weighted by molar-refractivity contribution is 0.0955. The highest BCUT2D eigenvalue weighted by molar-refractivity contribution is 6.06. The zero-order valence-corrected chi connectivity index (χ0v) is 14.6. The molecule has 2 N–H and O–H groups in total. The number of hydrogen-bond donors (Lipinski definition) is 2. The average Bonchev–Trinajstić information content (AvgIpc) is 3.08. The van der Waals surface area contributed by atoms with Crippen LogP contribution in [0.4, 0.5) is 0 Å². The standard InChI is InChI=1S/C19H23N5O/c1-3-20-10-11-21-19(25)15-12-17(14-8-6-5-7-9-14)23-18-16(15)13-22-24(18)4-2/h5-9,12-13,20H,3-4,10-11H2,1-2H3,(H,21,25). The summed E-state index contributed by atoms with van der Waals surface area (Å²) in [6, 6.07) is 11.7. The number of aromatic nitrogens is 3. The zero-order chi connectivity index (χ0) is 17.6. The van der Waals surface area contributed by atoms with Gasteiger partial charge in [-0.25, -0.2) is 9.67 Å². The number of aryl methyl sites for hydroxylation is 1. The van der Waals surface area contributed by atoms with Gasteiger partial charge in [0.1, 0.15) is 0 Å². The van der Waals surface area contributed by atoms with Crippen LogP contribution in [0.15, 0.2) is 42.6 Å². The van der Waals surface area contributed by atoms with Crippen molar-refractivity contribution in [3.05, 3.63) is 48.2 Å². The molecule has 0 saturated heterocycles. The second-order valence-electron chi connectivity index (χ2n) is 5.73. The van der Waals surface area contributed by atoms with E-state index in [4.69, 9.17) is 4.98 Å². The van der Waals surface area contributed by atoms with Crippen LogP contribution >= 0.6 is 0 Å². The van der Waals surface area contributed by atoms with Crippen LogP contribution in [0.2, 0.25) is 0 Å². The van der Waals surface area contributed by atoms with Crippen LogP contribution in [0.25, 0.3) is 22.3 Å². The van der Waals surface area contributed by atoms with Crippen LogP contribution in [0.3, 0.4) is 0 Å². The summed E-state index contributed by atoms with van der Waals surface area (Å²) in [5.74, 6) is -0.0989. The molecule has 0 spiro atoms. The maximum Gasteiger partial charge on any atom is 0.252 e. The number of fused-ring (bicyclic) bond motifs is 1. The van der Waals surface area contributed by atoms with Crippen molar-refractivity contribution in [3.63, 3.8) is 0 Å². The van der Waals surface area contributed by atoms with Gasteiger partial charge in [-0.1, -0.05) is 37.3 Å². The van der Waals surface area contributed by atoms with E-state index >= 15 is 0 Å². The average molecular weight is 337 g/mol. The zero-order valence-electron chi connectivity index (χ0n) is 14.6. The summed E-state index contributed by atoms with van der Waals surface area (Å²) in [5, 5.41) is 11.3. The third-order valence-electron chi connectivity index (χ3n) is 4.06. The van der Waals surface area contributed by atoms with Crippen LogP contribution in [-0.2, 0) is 6.54 Å². The van der Waals surface area contributed by atoms with E-state index in [-0.39, 0.29) is 5.91 Å². The van der Waals surface area contributed by atoms with Gasteiger partial charge in [0, 0.05) is 25.2 Å². The first-order valence-corrected chi connectivity index (χ1v) is 8.65. The predicted octanol–water partition coefficient (Wildman–Crippen LogP) is 2.46. The van der Waals surface area contributed by atoms with E-state index in [2.05, 4.69) is 15.7 Å². The first-order chi connectivity index (χ1) is 12.2. The molecule has 3 rings (SSSR count). The van der Waals surface area contributed by atoms with E-state index in [0.717, 1.165) is 35.4 Å². The predicted molar refractivity (Wildman–Crippen MR) is 99.5 cm³/mol. The molecule has 2 aromatic heterocycles. The van der Waals surface area contributed by atoms with E-state index in [9.17, 15) is 4.79 Å². The molecule has 3 aromatic rings. The molecule has 0 bridgehead atoms. The van der Waals surface area contributed by atoms with Gasteiger partial charge in [-0.15, -0.1) is 0 Å². The molecule has 1 aromatic carbocycles. The van der Waals surface area contributed by atoms with Gasteiger partial charge in [0.05, 0.1) is 22.8 Å². The molecule has 0 unspecified atom stereocenters. The fraction of sp³-hybridized carbons (Fsp3) is 0.316. The Morgan fingerprint density at radius 1 is 1.16 bits per heavy atom. The Hall–Kier alpha value is -2.73. The molecule has 25 heavy (non-hydrogen) atoms. The monoisotopic (exact) mass is 337 g/mol. The van der Waals surface area contributed by atoms with Crippen molar-refractivity contribution in [1.82, 2.24) is 25.4 Å². The Bertz CT molecular complexity index is 857. The maximum absolute atomic E-state index is 12.7. The summed E-state index contributed by atoms with van der Waals surface area (Å²) in [4.78, 5) is 17.4. The van der Waals surface area contributed by atoms with Gasteiger partial charge in [-0.05, 0) is 19.5 Å². The van der Waals surface area contributed by atoms with Crippen molar-refractivity contribution < 1.29 is 4.79 Å². The number of nitrogens with one attached hydrogen (secondary N) is 2. The van der Waals surface area contributed by atoms with Crippen LogP contribution in [0, 0.1) is 0 Å². The second kappa shape index (κ2) is 7.90. The minimum atomic E-state index is -0.0989. The van der Waals surface area contributed by atoms with Gasteiger partial charge in [0.2, 0.25) is 0 Å². The molecular weight excluding hydrogens is 314 g/mol. The lowest BCUT2D eigenvalue weighted by Crippen LogP contribution is -2.31.